The number of nitrogens with one attached hydrogen (secondary N) is 1. The fourth-order valence-corrected chi connectivity index (χ4v) is 4.82. The Hall–Kier alpha value is -2.22. The summed E-state index contributed by atoms with van der Waals surface area (Å²) in [6.45, 7) is 6.57. The Kier molecular flexibility index (Phi) is 4.03. The summed E-state index contributed by atoms with van der Waals surface area (Å²) in [4.78, 5) is 15.0. The van der Waals surface area contributed by atoms with Gasteiger partial charge in [-0.15, -0.1) is 10.2 Å². The van der Waals surface area contributed by atoms with Crippen LogP contribution in [-0.4, -0.2) is 55.0 Å². The monoisotopic (exact) mass is 370 g/mol. The molecule has 1 saturated heterocycles. The number of hydrogen-bond acceptors (Lipinski definition) is 5. The van der Waals surface area contributed by atoms with Gasteiger partial charge in [0.25, 0.3) is 5.91 Å². The lowest BCUT2D eigenvalue weighted by atomic mass is 9.94. The number of amides is 1. The fraction of sp³-hybridized carbons (Fsp3) is 0.684. The first-order valence-corrected chi connectivity index (χ1v) is 10.1. The number of hydrogen-bond donors (Lipinski definition) is 1. The van der Waals surface area contributed by atoms with Gasteiger partial charge in [-0.1, -0.05) is 0 Å². The molecule has 1 fully saturated rings. The zero-order valence-electron chi connectivity index (χ0n) is 15.9. The van der Waals surface area contributed by atoms with Gasteiger partial charge >= 0.3 is 0 Å². The maximum atomic E-state index is 13.1. The molecule has 1 N–H and O–H groups in total. The summed E-state index contributed by atoms with van der Waals surface area (Å²) < 4.78 is 8.12. The molecular weight excluding hydrogens is 344 g/mol. The molecule has 8 nitrogen and oxygen atoms in total. The van der Waals surface area contributed by atoms with Crippen molar-refractivity contribution in [2.75, 3.05) is 13.1 Å². The van der Waals surface area contributed by atoms with Crippen LogP contribution in [0.25, 0.3) is 0 Å². The lowest BCUT2D eigenvalue weighted by molar-refractivity contribution is -0.00703. The summed E-state index contributed by atoms with van der Waals surface area (Å²) in [6.07, 6.45) is 4.88. The van der Waals surface area contributed by atoms with E-state index in [0.717, 1.165) is 68.2 Å². The predicted molar refractivity (Wildman–Crippen MR) is 97.5 cm³/mol. The maximum Gasteiger partial charge on any atom is 0.274 e. The third-order valence-corrected chi connectivity index (χ3v) is 6.22. The average molecular weight is 370 g/mol. The van der Waals surface area contributed by atoms with Gasteiger partial charge in [0.1, 0.15) is 11.6 Å². The second-order valence-electron chi connectivity index (χ2n) is 8.05. The molecule has 0 radical (unpaired) electrons. The Morgan fingerprint density at radius 1 is 1.19 bits per heavy atom. The molecule has 3 aliphatic rings. The number of aryl methyl sites for hydroxylation is 1. The van der Waals surface area contributed by atoms with E-state index < -0.39 is 0 Å². The van der Waals surface area contributed by atoms with Gasteiger partial charge in [0, 0.05) is 44.0 Å². The first-order chi connectivity index (χ1) is 13.1. The number of fused-ring (bicyclic) bond motifs is 2. The van der Waals surface area contributed by atoms with Gasteiger partial charge in [-0.05, 0) is 33.1 Å². The van der Waals surface area contributed by atoms with Crippen molar-refractivity contribution in [1.29, 1.82) is 0 Å². The summed E-state index contributed by atoms with van der Waals surface area (Å²) in [5.74, 6) is 2.68. The van der Waals surface area contributed by atoms with Crippen molar-refractivity contribution in [3.63, 3.8) is 0 Å². The molecule has 1 amide bonds. The number of aromatic amines is 1. The van der Waals surface area contributed by atoms with E-state index in [1.807, 2.05) is 18.7 Å². The molecule has 0 aromatic carbocycles. The molecule has 5 rings (SSSR count). The van der Waals surface area contributed by atoms with Gasteiger partial charge in [0.2, 0.25) is 0 Å². The van der Waals surface area contributed by atoms with Crippen LogP contribution in [0.1, 0.15) is 78.5 Å². The number of piperidine rings is 1. The molecule has 0 bridgehead atoms. The van der Waals surface area contributed by atoms with Gasteiger partial charge in [-0.3, -0.25) is 9.89 Å². The topological polar surface area (TPSA) is 88.9 Å². The van der Waals surface area contributed by atoms with E-state index >= 15 is 0 Å². The average Bonchev–Trinajstić information content (AvgIpc) is 3.36. The van der Waals surface area contributed by atoms with Crippen molar-refractivity contribution in [2.45, 2.75) is 70.6 Å². The van der Waals surface area contributed by atoms with E-state index in [2.05, 4.69) is 25.0 Å². The predicted octanol–water partition coefficient (Wildman–Crippen LogP) is 1.99. The van der Waals surface area contributed by atoms with E-state index in [9.17, 15) is 4.79 Å². The van der Waals surface area contributed by atoms with Gasteiger partial charge < -0.3 is 14.2 Å². The van der Waals surface area contributed by atoms with Crippen LogP contribution in [0.3, 0.4) is 0 Å². The molecule has 0 aliphatic carbocycles. The second kappa shape index (κ2) is 6.44. The number of H-pyrrole nitrogens is 1. The van der Waals surface area contributed by atoms with E-state index in [1.54, 1.807) is 0 Å². The van der Waals surface area contributed by atoms with Gasteiger partial charge in [-0.25, -0.2) is 0 Å². The maximum absolute atomic E-state index is 13.1. The number of rotatable bonds is 2. The van der Waals surface area contributed by atoms with Crippen LogP contribution in [0, 0.1) is 0 Å². The summed E-state index contributed by atoms with van der Waals surface area (Å²) in [6, 6.07) is 0. The zero-order chi connectivity index (χ0) is 18.5. The van der Waals surface area contributed by atoms with Crippen molar-refractivity contribution in [3.8, 4) is 0 Å². The zero-order valence-corrected chi connectivity index (χ0v) is 15.9. The standard InChI is InChI=1S/C19H26N6O2/c1-11-10-14-16(12(2)27-11)21-22-17(14)19(26)24-8-5-13(6-9-24)18-23-20-15-4-3-7-25(15)18/h11-13H,3-10H2,1-2H3,(H,21,22)/t11-,12+/m1/s1. The Morgan fingerprint density at radius 3 is 2.81 bits per heavy atom. The highest BCUT2D eigenvalue weighted by molar-refractivity contribution is 5.94. The van der Waals surface area contributed by atoms with Gasteiger partial charge in [0.05, 0.1) is 17.9 Å². The van der Waals surface area contributed by atoms with Crippen LogP contribution < -0.4 is 0 Å². The molecule has 2 atom stereocenters. The summed E-state index contributed by atoms with van der Waals surface area (Å²) in [7, 11) is 0. The minimum Gasteiger partial charge on any atom is -0.369 e. The number of nitrogens with zero attached hydrogens (tertiary/aromatic N) is 5. The summed E-state index contributed by atoms with van der Waals surface area (Å²) in [5, 5.41) is 16.2. The Labute approximate surface area is 158 Å². The van der Waals surface area contributed by atoms with E-state index in [0.29, 0.717) is 11.6 Å². The number of aromatic nitrogens is 5. The smallest absolute Gasteiger partial charge is 0.274 e. The number of carbonyl (C=O) groups excluding carboxylic acids is 1. The van der Waals surface area contributed by atoms with Gasteiger partial charge in [0.15, 0.2) is 5.69 Å². The van der Waals surface area contributed by atoms with E-state index in [4.69, 9.17) is 4.74 Å². The van der Waals surface area contributed by atoms with Crippen molar-refractivity contribution in [3.05, 3.63) is 28.6 Å². The van der Waals surface area contributed by atoms with Crippen molar-refractivity contribution in [1.82, 2.24) is 29.9 Å². The second-order valence-corrected chi connectivity index (χ2v) is 8.05. The van der Waals surface area contributed by atoms with Crippen LogP contribution in [-0.2, 0) is 24.1 Å². The van der Waals surface area contributed by atoms with Crippen LogP contribution in [0.15, 0.2) is 0 Å². The number of likely N-dealkylation sites (tertiary alicyclic amines) is 1. The molecule has 27 heavy (non-hydrogen) atoms. The molecule has 0 saturated carbocycles. The summed E-state index contributed by atoms with van der Waals surface area (Å²) in [5.41, 5.74) is 2.56. The molecule has 8 heteroatoms. The molecule has 144 valence electrons. The molecule has 5 heterocycles. The minimum atomic E-state index is -0.0430. The van der Waals surface area contributed by atoms with Gasteiger partial charge in [-0.2, -0.15) is 5.10 Å². The molecule has 0 unspecified atom stereocenters. The third kappa shape index (κ3) is 2.77. The number of carbonyl (C=O) groups is 1. The van der Waals surface area contributed by atoms with Crippen molar-refractivity contribution in [2.24, 2.45) is 0 Å². The van der Waals surface area contributed by atoms with Crippen LogP contribution in [0.2, 0.25) is 0 Å². The van der Waals surface area contributed by atoms with Crippen molar-refractivity contribution >= 4 is 5.91 Å². The van der Waals surface area contributed by atoms with Crippen LogP contribution in [0.4, 0.5) is 0 Å². The van der Waals surface area contributed by atoms with Crippen molar-refractivity contribution < 1.29 is 9.53 Å². The highest BCUT2D eigenvalue weighted by Gasteiger charge is 2.34. The van der Waals surface area contributed by atoms with E-state index in [1.165, 1.54) is 6.42 Å². The fourth-order valence-electron chi connectivity index (χ4n) is 4.82. The summed E-state index contributed by atoms with van der Waals surface area (Å²) >= 11 is 0. The lowest BCUT2D eigenvalue weighted by Crippen LogP contribution is -2.39. The molecule has 0 spiro atoms. The Morgan fingerprint density at radius 2 is 2.00 bits per heavy atom. The first-order valence-electron chi connectivity index (χ1n) is 10.1. The molecule has 2 aromatic heterocycles. The molecule has 2 aromatic rings. The quantitative estimate of drug-likeness (QED) is 0.873. The molecular formula is C19H26N6O2. The SMILES string of the molecule is C[C@@H]1Cc2c(C(=O)N3CCC(c4nnc5n4CCC5)CC3)n[nH]c2[C@H](C)O1. The molecule has 3 aliphatic heterocycles. The van der Waals surface area contributed by atoms with Crippen LogP contribution in [0.5, 0.6) is 0 Å². The van der Waals surface area contributed by atoms with Crippen LogP contribution >= 0.6 is 0 Å². The highest BCUT2D eigenvalue weighted by atomic mass is 16.5. The first kappa shape index (κ1) is 16.9. The highest BCUT2D eigenvalue weighted by Crippen LogP contribution is 2.33. The normalized spacial score (nSPS) is 25.5. The Bertz CT molecular complexity index is 864. The lowest BCUT2D eigenvalue weighted by Gasteiger charge is -2.32. The number of ether oxygens (including phenoxy) is 1. The third-order valence-electron chi connectivity index (χ3n) is 6.22. The Balaban J connectivity index is 1.29. The van der Waals surface area contributed by atoms with E-state index in [-0.39, 0.29) is 18.1 Å². The largest absolute Gasteiger partial charge is 0.369 e. The minimum absolute atomic E-state index is 0.0405.